The van der Waals surface area contributed by atoms with E-state index in [0.29, 0.717) is 43.1 Å². The Balaban J connectivity index is 1.93. The second-order valence-corrected chi connectivity index (χ2v) is 7.68. The van der Waals surface area contributed by atoms with Gasteiger partial charge in [0.1, 0.15) is 11.4 Å². The molecule has 1 aromatic rings. The van der Waals surface area contributed by atoms with Gasteiger partial charge in [0.05, 0.1) is 7.11 Å². The van der Waals surface area contributed by atoms with Crippen molar-refractivity contribution in [2.75, 3.05) is 33.3 Å². The molecule has 7 nitrogen and oxygen atoms in total. The molecular formula is C21H28N2O5. The van der Waals surface area contributed by atoms with E-state index in [1.54, 1.807) is 48.1 Å². The van der Waals surface area contributed by atoms with Crippen LogP contribution in [-0.2, 0) is 9.53 Å². The highest BCUT2D eigenvalue weighted by atomic mass is 16.6. The van der Waals surface area contributed by atoms with Crippen molar-refractivity contribution in [3.8, 4) is 5.75 Å². The fourth-order valence-corrected chi connectivity index (χ4v) is 2.76. The molecule has 0 saturated carbocycles. The van der Waals surface area contributed by atoms with Crippen molar-refractivity contribution >= 4 is 17.8 Å². The highest BCUT2D eigenvalue weighted by Crippen LogP contribution is 2.15. The summed E-state index contributed by atoms with van der Waals surface area (Å²) in [5.74, 6) is 0.225. The highest BCUT2D eigenvalue weighted by molar-refractivity contribution is 6.09. The van der Waals surface area contributed by atoms with Gasteiger partial charge in [-0.15, -0.1) is 0 Å². The number of piperazine rings is 1. The van der Waals surface area contributed by atoms with Crippen molar-refractivity contribution in [1.29, 1.82) is 0 Å². The summed E-state index contributed by atoms with van der Waals surface area (Å²) in [6.07, 6.45) is 0.978. The zero-order valence-corrected chi connectivity index (χ0v) is 17.2. The average Bonchev–Trinajstić information content (AvgIpc) is 2.66. The fourth-order valence-electron chi connectivity index (χ4n) is 2.76. The molecule has 7 heteroatoms. The summed E-state index contributed by atoms with van der Waals surface area (Å²) in [6, 6.07) is 6.73. The van der Waals surface area contributed by atoms with E-state index in [4.69, 9.17) is 9.47 Å². The lowest BCUT2D eigenvalue weighted by Crippen LogP contribution is -2.51. The Morgan fingerprint density at radius 1 is 0.964 bits per heavy atom. The molecule has 0 unspecified atom stereocenters. The van der Waals surface area contributed by atoms with Crippen LogP contribution in [0.2, 0.25) is 0 Å². The van der Waals surface area contributed by atoms with E-state index in [2.05, 4.69) is 0 Å². The summed E-state index contributed by atoms with van der Waals surface area (Å²) in [6.45, 7) is 8.70. The molecule has 1 aliphatic heterocycles. The summed E-state index contributed by atoms with van der Waals surface area (Å²) in [4.78, 5) is 40.3. The van der Waals surface area contributed by atoms with E-state index in [0.717, 1.165) is 0 Å². The Morgan fingerprint density at radius 2 is 1.50 bits per heavy atom. The van der Waals surface area contributed by atoms with Crippen LogP contribution in [0.5, 0.6) is 5.75 Å². The number of rotatable bonds is 4. The molecular weight excluding hydrogens is 360 g/mol. The second-order valence-electron chi connectivity index (χ2n) is 7.68. The van der Waals surface area contributed by atoms with Gasteiger partial charge in [0.2, 0.25) is 5.91 Å². The molecule has 0 radical (unpaired) electrons. The third kappa shape index (κ3) is 5.84. The summed E-state index contributed by atoms with van der Waals surface area (Å²) in [5, 5.41) is 0. The van der Waals surface area contributed by atoms with Crippen LogP contribution in [-0.4, -0.2) is 66.5 Å². The van der Waals surface area contributed by atoms with Gasteiger partial charge in [0, 0.05) is 37.3 Å². The van der Waals surface area contributed by atoms with E-state index < -0.39 is 5.60 Å². The van der Waals surface area contributed by atoms with Crippen molar-refractivity contribution in [1.82, 2.24) is 9.80 Å². The minimum Gasteiger partial charge on any atom is -0.497 e. The molecule has 1 fully saturated rings. The minimum absolute atomic E-state index is 0.203. The molecule has 0 spiro atoms. The van der Waals surface area contributed by atoms with Gasteiger partial charge in [-0.3, -0.25) is 9.59 Å². The van der Waals surface area contributed by atoms with Gasteiger partial charge in [-0.2, -0.15) is 0 Å². The number of hydrogen-bond acceptors (Lipinski definition) is 5. The van der Waals surface area contributed by atoms with Gasteiger partial charge < -0.3 is 19.3 Å². The predicted octanol–water partition coefficient (Wildman–Crippen LogP) is 2.90. The first-order valence-corrected chi connectivity index (χ1v) is 9.24. The topological polar surface area (TPSA) is 76.2 Å². The number of amides is 2. The van der Waals surface area contributed by atoms with Crippen molar-refractivity contribution in [3.63, 3.8) is 0 Å². The summed E-state index contributed by atoms with van der Waals surface area (Å²) in [7, 11) is 1.56. The number of methoxy groups -OCH3 is 1. The second kappa shape index (κ2) is 8.91. The summed E-state index contributed by atoms with van der Waals surface area (Å²) in [5.41, 5.74) is 0.305. The van der Waals surface area contributed by atoms with Crippen LogP contribution < -0.4 is 4.74 Å². The van der Waals surface area contributed by atoms with Crippen molar-refractivity contribution in [2.45, 2.75) is 33.3 Å². The monoisotopic (exact) mass is 388 g/mol. The number of carbonyl (C=O) groups excluding carboxylic acids is 3. The van der Waals surface area contributed by atoms with Gasteiger partial charge in [-0.1, -0.05) is 0 Å². The Morgan fingerprint density at radius 3 is 2.00 bits per heavy atom. The maximum atomic E-state index is 12.6. The number of carbonyl (C=O) groups is 3. The van der Waals surface area contributed by atoms with E-state index in [1.807, 2.05) is 20.8 Å². The van der Waals surface area contributed by atoms with E-state index in [-0.39, 0.29) is 17.8 Å². The van der Waals surface area contributed by atoms with Gasteiger partial charge >= 0.3 is 6.09 Å². The minimum atomic E-state index is -0.550. The SMILES string of the molecule is COc1ccc(C(=O)/C=C(\C)C(=O)N2CCN(C(=O)OC(C)(C)C)CC2)cc1. The Hall–Kier alpha value is -2.83. The highest BCUT2D eigenvalue weighted by Gasteiger charge is 2.28. The molecule has 2 rings (SSSR count). The van der Waals surface area contributed by atoms with Crippen LogP contribution in [0, 0.1) is 0 Å². The van der Waals surface area contributed by atoms with Crippen molar-refractivity contribution < 1.29 is 23.9 Å². The normalized spacial score (nSPS) is 15.2. The zero-order valence-electron chi connectivity index (χ0n) is 17.2. The average molecular weight is 388 g/mol. The largest absolute Gasteiger partial charge is 0.497 e. The smallest absolute Gasteiger partial charge is 0.410 e. The molecule has 0 N–H and O–H groups in total. The Labute approximate surface area is 165 Å². The Kier molecular flexibility index (Phi) is 6.83. The third-order valence-electron chi connectivity index (χ3n) is 4.28. The number of ketones is 1. The first-order valence-electron chi connectivity index (χ1n) is 9.24. The van der Waals surface area contributed by atoms with Gasteiger partial charge in [0.25, 0.3) is 0 Å². The van der Waals surface area contributed by atoms with E-state index in [9.17, 15) is 14.4 Å². The maximum absolute atomic E-state index is 12.6. The van der Waals surface area contributed by atoms with Gasteiger partial charge in [0.15, 0.2) is 5.78 Å². The lowest BCUT2D eigenvalue weighted by Gasteiger charge is -2.35. The standard InChI is InChI=1S/C21H28N2O5/c1-15(14-18(24)16-6-8-17(27-5)9-7-16)19(25)22-10-12-23(13-11-22)20(26)28-21(2,3)4/h6-9,14H,10-13H2,1-5H3/b15-14+. The first kappa shape index (κ1) is 21.5. The van der Waals surface area contributed by atoms with Gasteiger partial charge in [-0.05, 0) is 58.0 Å². The van der Waals surface area contributed by atoms with Crippen molar-refractivity contribution in [3.05, 3.63) is 41.5 Å². The number of hydrogen-bond donors (Lipinski definition) is 0. The lowest BCUT2D eigenvalue weighted by atomic mass is 10.1. The predicted molar refractivity (Wildman–Crippen MR) is 105 cm³/mol. The first-order chi connectivity index (χ1) is 13.1. The number of allylic oxidation sites excluding steroid dienone is 1. The molecule has 0 atom stereocenters. The molecule has 1 aliphatic rings. The molecule has 0 aliphatic carbocycles. The Bertz CT molecular complexity index is 754. The van der Waals surface area contributed by atoms with Crippen molar-refractivity contribution in [2.24, 2.45) is 0 Å². The summed E-state index contributed by atoms with van der Waals surface area (Å²) >= 11 is 0. The van der Waals surface area contributed by atoms with Crippen LogP contribution >= 0.6 is 0 Å². The van der Waals surface area contributed by atoms with Crippen LogP contribution in [0.3, 0.4) is 0 Å². The summed E-state index contributed by atoms with van der Waals surface area (Å²) < 4.78 is 10.4. The fraction of sp³-hybridized carbons (Fsp3) is 0.476. The molecule has 0 aromatic heterocycles. The molecule has 1 heterocycles. The number of ether oxygens (including phenoxy) is 2. The molecule has 1 saturated heterocycles. The van der Waals surface area contributed by atoms with Crippen LogP contribution in [0.1, 0.15) is 38.1 Å². The maximum Gasteiger partial charge on any atom is 0.410 e. The van der Waals surface area contributed by atoms with E-state index in [1.165, 1.54) is 6.08 Å². The molecule has 1 aromatic carbocycles. The number of benzene rings is 1. The number of nitrogens with zero attached hydrogens (tertiary/aromatic N) is 2. The molecule has 152 valence electrons. The van der Waals surface area contributed by atoms with Crippen LogP contribution in [0.15, 0.2) is 35.9 Å². The molecule has 0 bridgehead atoms. The lowest BCUT2D eigenvalue weighted by molar-refractivity contribution is -0.128. The van der Waals surface area contributed by atoms with Crippen LogP contribution in [0.4, 0.5) is 4.79 Å². The zero-order chi connectivity index (χ0) is 20.9. The third-order valence-corrected chi connectivity index (χ3v) is 4.28. The van der Waals surface area contributed by atoms with Crippen LogP contribution in [0.25, 0.3) is 0 Å². The quantitative estimate of drug-likeness (QED) is 0.586. The molecule has 2 amide bonds. The van der Waals surface area contributed by atoms with Gasteiger partial charge in [-0.25, -0.2) is 4.79 Å². The van der Waals surface area contributed by atoms with E-state index >= 15 is 0 Å². The molecule has 28 heavy (non-hydrogen) atoms.